The first kappa shape index (κ1) is 25.4. The molecule has 0 fully saturated rings. The molecule has 2 N–H and O–H groups in total. The Morgan fingerprint density at radius 3 is 2.55 bits per heavy atom. The molecule has 6 rings (SSSR count). The number of hydrogen-bond acceptors (Lipinski definition) is 5. The highest BCUT2D eigenvalue weighted by Gasteiger charge is 2.41. The lowest BCUT2D eigenvalue weighted by Crippen LogP contribution is -2.51. The molecule has 9 nitrogen and oxygen atoms in total. The first-order chi connectivity index (χ1) is 19.3. The Hall–Kier alpha value is -4.92. The number of ether oxygens (including phenoxy) is 1. The zero-order valence-electron chi connectivity index (χ0n) is 22.5. The number of nitrogens with one attached hydrogen (secondary N) is 1. The van der Waals surface area contributed by atoms with Gasteiger partial charge in [-0.1, -0.05) is 42.0 Å². The fourth-order valence-electron chi connectivity index (χ4n) is 5.81. The molecule has 1 amide bonds. The Kier molecular flexibility index (Phi) is 6.14. The van der Waals surface area contributed by atoms with Gasteiger partial charge >= 0.3 is 5.97 Å². The third-order valence-corrected chi connectivity index (χ3v) is 7.74. The molecule has 202 valence electrons. The van der Waals surface area contributed by atoms with Crippen molar-refractivity contribution in [2.75, 3.05) is 7.11 Å². The Morgan fingerprint density at radius 2 is 1.85 bits per heavy atom. The summed E-state index contributed by atoms with van der Waals surface area (Å²) < 4.78 is 9.31. The predicted octanol–water partition coefficient (Wildman–Crippen LogP) is 4.82. The molecule has 0 aliphatic carbocycles. The molecule has 0 saturated heterocycles. The number of aromatic nitrogens is 4. The van der Waals surface area contributed by atoms with Crippen LogP contribution >= 0.6 is 0 Å². The van der Waals surface area contributed by atoms with E-state index < -0.39 is 11.5 Å². The second-order valence-corrected chi connectivity index (χ2v) is 10.3. The molecule has 40 heavy (non-hydrogen) atoms. The average Bonchev–Trinajstić information content (AvgIpc) is 3.53. The van der Waals surface area contributed by atoms with E-state index >= 15 is 0 Å². The predicted molar refractivity (Wildman–Crippen MR) is 150 cm³/mol. The number of carboxylic acid groups (broad SMARTS) is 1. The van der Waals surface area contributed by atoms with Crippen molar-refractivity contribution in [3.8, 4) is 11.4 Å². The van der Waals surface area contributed by atoms with E-state index in [1.165, 1.54) is 7.11 Å². The van der Waals surface area contributed by atoms with E-state index in [4.69, 9.17) is 4.74 Å². The van der Waals surface area contributed by atoms with Crippen LogP contribution in [0.3, 0.4) is 0 Å². The molecule has 0 spiro atoms. The Balaban J connectivity index is 1.43. The first-order valence-electron chi connectivity index (χ1n) is 13.1. The van der Waals surface area contributed by atoms with Crippen LogP contribution in [-0.2, 0) is 18.5 Å². The summed E-state index contributed by atoms with van der Waals surface area (Å²) in [6.07, 6.45) is 2.64. The van der Waals surface area contributed by atoms with E-state index in [9.17, 15) is 14.7 Å². The zero-order valence-corrected chi connectivity index (χ0v) is 22.5. The SMILES string of the molecule is COc1cc(-n2cnc(C)n2)ccc1C(=O)NC1(c2ccccc2)CCc2c(C(=O)O)c3cc(C)ccc3n2C1. The van der Waals surface area contributed by atoms with Crippen LogP contribution in [0.15, 0.2) is 73.1 Å². The Bertz CT molecular complexity index is 1770. The summed E-state index contributed by atoms with van der Waals surface area (Å²) in [6.45, 7) is 4.16. The first-order valence-corrected chi connectivity index (χ1v) is 13.1. The molecule has 5 aromatic rings. The molecule has 1 aliphatic rings. The van der Waals surface area contributed by atoms with Gasteiger partial charge in [-0.2, -0.15) is 5.10 Å². The van der Waals surface area contributed by atoms with E-state index in [2.05, 4.69) is 20.0 Å². The maximum absolute atomic E-state index is 13.9. The molecule has 1 aliphatic heterocycles. The number of aryl methyl sites for hydroxylation is 2. The summed E-state index contributed by atoms with van der Waals surface area (Å²) in [4.78, 5) is 30.5. The minimum absolute atomic E-state index is 0.281. The summed E-state index contributed by atoms with van der Waals surface area (Å²) in [6, 6.07) is 21.0. The van der Waals surface area contributed by atoms with Crippen LogP contribution in [0.1, 0.15) is 49.8 Å². The molecule has 1 atom stereocenters. The van der Waals surface area contributed by atoms with Crippen LogP contribution in [0.4, 0.5) is 0 Å². The number of carboxylic acids is 1. The van der Waals surface area contributed by atoms with Gasteiger partial charge in [0.1, 0.15) is 17.9 Å². The molecule has 9 heteroatoms. The van der Waals surface area contributed by atoms with Gasteiger partial charge in [-0.05, 0) is 56.5 Å². The van der Waals surface area contributed by atoms with Gasteiger partial charge in [0, 0.05) is 22.7 Å². The van der Waals surface area contributed by atoms with Crippen LogP contribution in [-0.4, -0.2) is 43.4 Å². The van der Waals surface area contributed by atoms with Crippen molar-refractivity contribution in [3.63, 3.8) is 0 Å². The number of rotatable bonds is 6. The number of benzene rings is 3. The van der Waals surface area contributed by atoms with Crippen molar-refractivity contribution in [2.24, 2.45) is 0 Å². The maximum Gasteiger partial charge on any atom is 0.338 e. The molecular formula is C31H29N5O4. The lowest BCUT2D eigenvalue weighted by atomic mass is 9.81. The standard InChI is InChI=1S/C31H29N5O4/c1-19-9-12-25-24(15-19)28(30(38)39)26-13-14-31(17-35(25)26,21-7-5-4-6-8-21)33-29(37)23-11-10-22(16-27(23)40-3)36-18-32-20(2)34-36/h4-12,15-16,18H,13-14,17H2,1-3H3,(H,33,37)(H,38,39). The van der Waals surface area contributed by atoms with Gasteiger partial charge in [-0.25, -0.2) is 14.5 Å². The van der Waals surface area contributed by atoms with Crippen LogP contribution in [0.5, 0.6) is 5.75 Å². The van der Waals surface area contributed by atoms with Gasteiger partial charge in [0.05, 0.1) is 36.0 Å². The van der Waals surface area contributed by atoms with E-state index in [0.29, 0.717) is 42.1 Å². The van der Waals surface area contributed by atoms with Crippen LogP contribution in [0.25, 0.3) is 16.6 Å². The minimum atomic E-state index is -0.937. The molecule has 2 aromatic heterocycles. The fraction of sp³-hybridized carbons (Fsp3) is 0.226. The van der Waals surface area contributed by atoms with Gasteiger partial charge in [-0.3, -0.25) is 4.79 Å². The number of fused-ring (bicyclic) bond motifs is 3. The summed E-state index contributed by atoms with van der Waals surface area (Å²) in [5.74, 6) is -0.164. The molecule has 0 bridgehead atoms. The number of carbonyl (C=O) groups excluding carboxylic acids is 1. The van der Waals surface area contributed by atoms with Gasteiger partial charge in [0.2, 0.25) is 0 Å². The highest BCUT2D eigenvalue weighted by Crippen LogP contribution is 2.40. The number of aromatic carboxylic acids is 1. The molecule has 1 unspecified atom stereocenters. The van der Waals surface area contributed by atoms with Crippen molar-refractivity contribution in [2.45, 2.75) is 38.8 Å². The zero-order chi connectivity index (χ0) is 28.0. The molecule has 3 aromatic carbocycles. The number of nitrogens with zero attached hydrogens (tertiary/aromatic N) is 4. The van der Waals surface area contributed by atoms with Crippen LogP contribution in [0, 0.1) is 13.8 Å². The topological polar surface area (TPSA) is 111 Å². The highest BCUT2D eigenvalue weighted by molar-refractivity contribution is 6.05. The summed E-state index contributed by atoms with van der Waals surface area (Å²) >= 11 is 0. The van der Waals surface area contributed by atoms with E-state index in [1.54, 1.807) is 29.2 Å². The van der Waals surface area contributed by atoms with Crippen molar-refractivity contribution in [3.05, 3.63) is 107 Å². The minimum Gasteiger partial charge on any atom is -0.496 e. The van der Waals surface area contributed by atoms with E-state index in [1.807, 2.05) is 62.4 Å². The van der Waals surface area contributed by atoms with Crippen LogP contribution in [0.2, 0.25) is 0 Å². The lowest BCUT2D eigenvalue weighted by Gasteiger charge is -2.40. The average molecular weight is 536 g/mol. The normalized spacial score (nSPS) is 16.5. The van der Waals surface area contributed by atoms with Gasteiger partial charge < -0.3 is 19.7 Å². The third kappa shape index (κ3) is 4.20. The fourth-order valence-corrected chi connectivity index (χ4v) is 5.81. The second-order valence-electron chi connectivity index (χ2n) is 10.3. The number of methoxy groups -OCH3 is 1. The van der Waals surface area contributed by atoms with Crippen molar-refractivity contribution < 1.29 is 19.4 Å². The molecule has 3 heterocycles. The highest BCUT2D eigenvalue weighted by atomic mass is 16.5. The Morgan fingerprint density at radius 1 is 1.05 bits per heavy atom. The van der Waals surface area contributed by atoms with Crippen molar-refractivity contribution in [1.82, 2.24) is 24.6 Å². The maximum atomic E-state index is 13.9. The summed E-state index contributed by atoms with van der Waals surface area (Å²) in [7, 11) is 1.53. The number of carbonyl (C=O) groups is 2. The molecular weight excluding hydrogens is 506 g/mol. The Labute approximate surface area is 231 Å². The molecule has 0 radical (unpaired) electrons. The van der Waals surface area contributed by atoms with Crippen molar-refractivity contribution >= 4 is 22.8 Å². The second kappa shape index (κ2) is 9.68. The largest absolute Gasteiger partial charge is 0.496 e. The smallest absolute Gasteiger partial charge is 0.338 e. The van der Waals surface area contributed by atoms with E-state index in [0.717, 1.165) is 33.4 Å². The van der Waals surface area contributed by atoms with Crippen molar-refractivity contribution in [1.29, 1.82) is 0 Å². The summed E-state index contributed by atoms with van der Waals surface area (Å²) in [5.41, 5.74) is 4.26. The third-order valence-electron chi connectivity index (χ3n) is 7.74. The quantitative estimate of drug-likeness (QED) is 0.323. The van der Waals surface area contributed by atoms with Crippen LogP contribution < -0.4 is 10.1 Å². The van der Waals surface area contributed by atoms with Gasteiger partial charge in [0.15, 0.2) is 0 Å². The number of amides is 1. The van der Waals surface area contributed by atoms with Gasteiger partial charge in [-0.15, -0.1) is 0 Å². The molecule has 0 saturated carbocycles. The van der Waals surface area contributed by atoms with Gasteiger partial charge in [0.25, 0.3) is 5.91 Å². The lowest BCUT2D eigenvalue weighted by molar-refractivity contribution is 0.0693. The number of hydrogen-bond donors (Lipinski definition) is 2. The van der Waals surface area contributed by atoms with E-state index in [-0.39, 0.29) is 5.91 Å². The monoisotopic (exact) mass is 535 g/mol. The summed E-state index contributed by atoms with van der Waals surface area (Å²) in [5, 5.41) is 18.5.